The monoisotopic (exact) mass is 711 g/mol. The van der Waals surface area contributed by atoms with Crippen LogP contribution in [0.25, 0.3) is 16.5 Å². The van der Waals surface area contributed by atoms with Crippen molar-refractivity contribution >= 4 is 101 Å². The Morgan fingerprint density at radius 3 is 2.34 bits per heavy atom. The van der Waals surface area contributed by atoms with Crippen LogP contribution in [-0.2, 0) is 21.5 Å². The summed E-state index contributed by atoms with van der Waals surface area (Å²) in [5.74, 6) is -1.02. The summed E-state index contributed by atoms with van der Waals surface area (Å²) >= 11 is 16.0. The Labute approximate surface area is 248 Å². The molecule has 14 heteroatoms. The Kier molecular flexibility index (Phi) is 9.92. The van der Waals surface area contributed by atoms with Crippen molar-refractivity contribution in [3.63, 3.8) is 0 Å². The number of benzene rings is 1. The zero-order valence-corrected chi connectivity index (χ0v) is 25.7. The first kappa shape index (κ1) is 30.4. The van der Waals surface area contributed by atoms with Crippen molar-refractivity contribution in [2.45, 2.75) is 26.8 Å². The lowest BCUT2D eigenvalue weighted by atomic mass is 10.1. The molecule has 38 heavy (non-hydrogen) atoms. The Balaban J connectivity index is 0.00000195. The third-order valence-corrected chi connectivity index (χ3v) is 8.54. The van der Waals surface area contributed by atoms with Gasteiger partial charge in [-0.2, -0.15) is 0 Å². The van der Waals surface area contributed by atoms with Crippen LogP contribution < -0.4 is 14.4 Å². The van der Waals surface area contributed by atoms with Crippen LogP contribution in [0.3, 0.4) is 0 Å². The van der Waals surface area contributed by atoms with Gasteiger partial charge in [-0.05, 0) is 59.7 Å². The van der Waals surface area contributed by atoms with Crippen LogP contribution in [0.4, 0.5) is 11.4 Å². The maximum absolute atomic E-state index is 11.8. The number of hydrogen-bond acceptors (Lipinski definition) is 8. The second-order valence-electron chi connectivity index (χ2n) is 7.83. The summed E-state index contributed by atoms with van der Waals surface area (Å²) in [5.41, 5.74) is 2.46. The molecule has 204 valence electrons. The van der Waals surface area contributed by atoms with Gasteiger partial charge in [-0.1, -0.05) is 41.5 Å². The normalized spacial score (nSPS) is 14.7. The number of halogens is 3. The summed E-state index contributed by atoms with van der Waals surface area (Å²) in [5, 5.41) is 9.96. The predicted octanol–water partition coefficient (Wildman–Crippen LogP) is 6.06. The highest BCUT2D eigenvalue weighted by Gasteiger charge is 2.33. The molecular formula is C24H24Cl2IN3O6S2. The number of rotatable bonds is 8. The van der Waals surface area contributed by atoms with E-state index in [1.807, 2.05) is 24.8 Å². The lowest BCUT2D eigenvalue weighted by Gasteiger charge is -2.26. The first-order valence-electron chi connectivity index (χ1n) is 11.1. The average molecular weight is 712 g/mol. The second-order valence-corrected chi connectivity index (χ2v) is 12.9. The maximum Gasteiger partial charge on any atom is 0.375 e. The van der Waals surface area contributed by atoms with Gasteiger partial charge in [0.1, 0.15) is 21.8 Å². The van der Waals surface area contributed by atoms with Gasteiger partial charge in [-0.3, -0.25) is 0 Å². The molecule has 0 amide bonds. The highest BCUT2D eigenvalue weighted by atomic mass is 127. The van der Waals surface area contributed by atoms with Crippen LogP contribution in [0, 0.1) is 2.88 Å². The van der Waals surface area contributed by atoms with E-state index in [0.29, 0.717) is 51.5 Å². The van der Waals surface area contributed by atoms with E-state index in [0.717, 1.165) is 8.46 Å². The largest absolute Gasteiger partial charge is 0.747 e. The van der Waals surface area contributed by atoms with Crippen molar-refractivity contribution in [2.24, 2.45) is 0 Å². The van der Waals surface area contributed by atoms with Gasteiger partial charge in [0.05, 0.1) is 30.4 Å². The van der Waals surface area contributed by atoms with E-state index in [4.69, 9.17) is 27.6 Å². The van der Waals surface area contributed by atoms with Crippen molar-refractivity contribution in [1.82, 2.24) is 0 Å². The number of aliphatic carboxylic acids is 1. The van der Waals surface area contributed by atoms with Crippen molar-refractivity contribution in [3.05, 3.63) is 67.6 Å². The van der Waals surface area contributed by atoms with Crippen molar-refractivity contribution in [2.75, 3.05) is 22.2 Å². The second kappa shape index (κ2) is 12.4. The number of carboxylic acid groups (broad SMARTS) is 1. The first-order valence-corrected chi connectivity index (χ1v) is 15.4. The van der Waals surface area contributed by atoms with E-state index >= 15 is 0 Å². The molecule has 0 aliphatic carbocycles. The summed E-state index contributed by atoms with van der Waals surface area (Å²) < 4.78 is 43.9. The van der Waals surface area contributed by atoms with Gasteiger partial charge in [0, 0.05) is 12.6 Å². The number of allylic oxidation sites excluding steroid dienone is 2. The minimum absolute atomic E-state index is 0.229. The molecule has 1 N–H and O–H groups in total. The Hall–Kier alpha value is -2.10. The van der Waals surface area contributed by atoms with Crippen LogP contribution >= 0.6 is 57.1 Å². The standard InChI is InChI=1S/C22H20Cl2IN3O6S2.C2H4/c1-3-12(6-20-27(10-21(29)30)17-9-18(25)35-22(17)34-20)5-19-26(4-2)15-7-13(23)14(24)8-16(15)28(19)11-36(31,32)33;1-2/h5-9H,3-4,10-11H2,1-2H3,(H-,29,30,31,32,33);1-2H2. The predicted molar refractivity (Wildman–Crippen MR) is 159 cm³/mol. The number of oxazole rings is 1. The quantitative estimate of drug-likeness (QED) is 0.130. The molecule has 0 unspecified atom stereocenters. The van der Waals surface area contributed by atoms with Crippen molar-refractivity contribution < 1.29 is 31.9 Å². The zero-order chi connectivity index (χ0) is 28.4. The third kappa shape index (κ3) is 6.54. The molecule has 3 aromatic rings. The number of hydrogen-bond donors (Lipinski definition) is 1. The van der Waals surface area contributed by atoms with Gasteiger partial charge < -0.3 is 23.9 Å². The van der Waals surface area contributed by atoms with Gasteiger partial charge in [-0.15, -0.1) is 17.7 Å². The molecule has 1 aromatic carbocycles. The van der Waals surface area contributed by atoms with Gasteiger partial charge in [0.2, 0.25) is 6.54 Å². The first-order chi connectivity index (χ1) is 17.9. The van der Waals surface area contributed by atoms with Crippen LogP contribution in [-0.4, -0.2) is 36.5 Å². The molecule has 3 heterocycles. The number of aromatic nitrogens is 1. The number of carboxylic acids is 1. The van der Waals surface area contributed by atoms with Crippen LogP contribution in [0.5, 0.6) is 0 Å². The maximum atomic E-state index is 11.8. The highest BCUT2D eigenvalue weighted by molar-refractivity contribution is 14.1. The summed E-state index contributed by atoms with van der Waals surface area (Å²) in [6.07, 6.45) is 3.98. The fraction of sp³-hybridized carbons (Fsp3) is 0.250. The van der Waals surface area contributed by atoms with E-state index in [2.05, 4.69) is 35.7 Å². The van der Waals surface area contributed by atoms with Gasteiger partial charge in [0.25, 0.3) is 10.4 Å². The third-order valence-electron chi connectivity index (χ3n) is 5.48. The summed E-state index contributed by atoms with van der Waals surface area (Å²) in [6, 6.07) is 5.02. The lowest BCUT2D eigenvalue weighted by molar-refractivity contribution is -0.666. The molecule has 1 aliphatic rings. The summed E-state index contributed by atoms with van der Waals surface area (Å²) in [6.45, 7) is 9.95. The molecule has 0 atom stereocenters. The summed E-state index contributed by atoms with van der Waals surface area (Å²) in [7, 11) is -4.65. The lowest BCUT2D eigenvalue weighted by Crippen LogP contribution is -2.39. The van der Waals surface area contributed by atoms with Crippen LogP contribution in [0.15, 0.2) is 53.2 Å². The minimum atomic E-state index is -4.65. The van der Waals surface area contributed by atoms with Gasteiger partial charge >= 0.3 is 11.9 Å². The van der Waals surface area contributed by atoms with E-state index in [1.54, 1.807) is 22.8 Å². The van der Waals surface area contributed by atoms with Crippen LogP contribution in [0.2, 0.25) is 10.0 Å². The molecule has 2 aromatic heterocycles. The smallest absolute Gasteiger partial charge is 0.375 e. The number of fused-ring (bicyclic) bond motifs is 2. The van der Waals surface area contributed by atoms with E-state index in [9.17, 15) is 22.9 Å². The topological polar surface area (TPSA) is 118 Å². The van der Waals surface area contributed by atoms with Gasteiger partial charge in [0.15, 0.2) is 0 Å². The number of anilines is 2. The number of carbonyl (C=O) groups is 1. The average Bonchev–Trinajstić information content (AvgIpc) is 3.43. The Morgan fingerprint density at radius 2 is 1.82 bits per heavy atom. The number of thiophene rings is 1. The molecule has 0 spiro atoms. The molecule has 4 rings (SSSR count). The molecule has 0 radical (unpaired) electrons. The SMILES string of the molecule is C=C.CCC(/C=C1/N(CC)c2cc(Cl)c(Cl)cc2N1CS(=O)(=O)[O-])=C\c1oc2sc(I)cc2[n+]1CC(=O)O. The molecule has 0 fully saturated rings. The molecule has 0 saturated carbocycles. The fourth-order valence-electron chi connectivity index (χ4n) is 3.98. The molecule has 1 aliphatic heterocycles. The molecule has 0 saturated heterocycles. The fourth-order valence-corrected chi connectivity index (χ4v) is 6.52. The number of nitrogens with zero attached hydrogens (tertiary/aromatic N) is 3. The van der Waals surface area contributed by atoms with E-state index in [-0.39, 0.29) is 11.6 Å². The molecule has 0 bridgehead atoms. The highest BCUT2D eigenvalue weighted by Crippen LogP contribution is 2.46. The molecule has 9 nitrogen and oxygen atoms in total. The Morgan fingerprint density at radius 1 is 1.21 bits per heavy atom. The van der Waals surface area contributed by atoms with Crippen molar-refractivity contribution in [3.8, 4) is 0 Å². The van der Waals surface area contributed by atoms with E-state index in [1.165, 1.54) is 22.3 Å². The Bertz CT molecular complexity index is 1550. The van der Waals surface area contributed by atoms with Crippen LogP contribution in [0.1, 0.15) is 26.2 Å². The molecular weight excluding hydrogens is 688 g/mol. The van der Waals surface area contributed by atoms with E-state index < -0.39 is 22.0 Å². The van der Waals surface area contributed by atoms with Gasteiger partial charge in [-0.25, -0.2) is 13.2 Å². The minimum Gasteiger partial charge on any atom is -0.747 e. The summed E-state index contributed by atoms with van der Waals surface area (Å²) in [4.78, 5) is 15.3. The zero-order valence-electron chi connectivity index (χ0n) is 20.4. The van der Waals surface area contributed by atoms with Crippen molar-refractivity contribution in [1.29, 1.82) is 0 Å².